The number of phosphoric ester groups is 1. The number of esters is 2. The summed E-state index contributed by atoms with van der Waals surface area (Å²) in [6.45, 7) is 3.33. The maximum Gasteiger partial charge on any atom is 0.469 e. The largest absolute Gasteiger partial charge is 0.469 e. The van der Waals surface area contributed by atoms with Crippen LogP contribution in [-0.2, 0) is 28.2 Å². The minimum Gasteiger partial charge on any atom is -0.462 e. The quantitative estimate of drug-likeness (QED) is 0.0315. The smallest absolute Gasteiger partial charge is 0.462 e. The summed E-state index contributed by atoms with van der Waals surface area (Å²) < 4.78 is 26.2. The molecule has 0 saturated heterocycles. The maximum absolute atomic E-state index is 12.3. The van der Waals surface area contributed by atoms with Crippen LogP contribution in [0, 0.1) is 0 Å². The highest BCUT2D eigenvalue weighted by atomic mass is 31.2. The molecule has 8 nitrogen and oxygen atoms in total. The first-order valence-corrected chi connectivity index (χ1v) is 19.7. The lowest BCUT2D eigenvalue weighted by atomic mass is 10.1. The van der Waals surface area contributed by atoms with Crippen molar-refractivity contribution in [2.45, 2.75) is 123 Å². The lowest BCUT2D eigenvalue weighted by Gasteiger charge is -2.18. The molecule has 0 aliphatic rings. The van der Waals surface area contributed by atoms with Crippen molar-refractivity contribution in [1.29, 1.82) is 0 Å². The second kappa shape index (κ2) is 35.5. The Bertz CT molecular complexity index is 1170. The predicted octanol–water partition coefficient (Wildman–Crippen LogP) is 10.8. The number of allylic oxidation sites excluding steroid dienone is 18. The molecule has 0 aromatic rings. The Morgan fingerprint density at radius 3 is 1.38 bits per heavy atom. The average molecular weight is 715 g/mol. The van der Waals surface area contributed by atoms with E-state index in [4.69, 9.17) is 19.3 Å². The molecule has 0 rings (SSSR count). The standard InChI is InChI=1S/C41H63O8P/c1-3-5-7-9-11-13-15-17-18-19-20-21-22-24-26-28-30-32-34-36-41(43)49-39(38-48-50(44,45)46)37-47-40(42)35-33-31-29-27-25-23-16-14-12-10-8-6-4-2/h5-8,11-14,17-18,20-21,23-26,30,32,39H,3-4,9-10,15-16,19,22,27-29,31,33-38H2,1-2H3,(H2,44,45,46)/b7-5-,8-6-,13-11-,14-12-,18-17-,21-20-,25-23-,26-24-,32-30-. The second-order valence-corrected chi connectivity index (χ2v) is 12.7. The lowest BCUT2D eigenvalue weighted by Crippen LogP contribution is -2.29. The van der Waals surface area contributed by atoms with Crippen LogP contribution in [0.15, 0.2) is 109 Å². The van der Waals surface area contributed by atoms with Crippen LogP contribution in [0.3, 0.4) is 0 Å². The van der Waals surface area contributed by atoms with Gasteiger partial charge in [-0.2, -0.15) is 0 Å². The molecule has 0 fully saturated rings. The monoisotopic (exact) mass is 714 g/mol. The summed E-state index contributed by atoms with van der Waals surface area (Å²) in [4.78, 5) is 42.6. The van der Waals surface area contributed by atoms with Gasteiger partial charge in [0.25, 0.3) is 0 Å². The Balaban J connectivity index is 4.20. The van der Waals surface area contributed by atoms with Crippen molar-refractivity contribution in [3.63, 3.8) is 0 Å². The van der Waals surface area contributed by atoms with Crippen molar-refractivity contribution in [3.8, 4) is 0 Å². The molecule has 0 saturated carbocycles. The maximum atomic E-state index is 12.3. The summed E-state index contributed by atoms with van der Waals surface area (Å²) in [6, 6.07) is 0. The molecule has 280 valence electrons. The van der Waals surface area contributed by atoms with Crippen molar-refractivity contribution in [1.82, 2.24) is 0 Å². The molecule has 0 radical (unpaired) electrons. The molecule has 0 aliphatic carbocycles. The first kappa shape index (κ1) is 46.7. The van der Waals surface area contributed by atoms with Gasteiger partial charge in [-0.15, -0.1) is 0 Å². The Labute approximate surface area is 302 Å². The number of carbonyl (C=O) groups is 2. The van der Waals surface area contributed by atoms with E-state index in [1.54, 1.807) is 0 Å². The zero-order valence-corrected chi connectivity index (χ0v) is 31.4. The fourth-order valence-corrected chi connectivity index (χ4v) is 4.54. The van der Waals surface area contributed by atoms with Gasteiger partial charge >= 0.3 is 19.8 Å². The summed E-state index contributed by atoms with van der Waals surface area (Å²) >= 11 is 0. The van der Waals surface area contributed by atoms with E-state index < -0.39 is 32.5 Å². The van der Waals surface area contributed by atoms with E-state index >= 15 is 0 Å². The number of phosphoric acid groups is 1. The third-order valence-electron chi connectivity index (χ3n) is 6.80. The van der Waals surface area contributed by atoms with E-state index in [0.717, 1.165) is 77.0 Å². The molecule has 1 unspecified atom stereocenters. The molecular weight excluding hydrogens is 651 g/mol. The number of unbranched alkanes of at least 4 members (excludes halogenated alkanes) is 3. The van der Waals surface area contributed by atoms with Crippen LogP contribution < -0.4 is 0 Å². The topological polar surface area (TPSA) is 119 Å². The van der Waals surface area contributed by atoms with Gasteiger partial charge in [-0.05, 0) is 83.5 Å². The molecule has 0 aromatic heterocycles. The third-order valence-corrected chi connectivity index (χ3v) is 7.29. The van der Waals surface area contributed by atoms with E-state index in [9.17, 15) is 14.2 Å². The van der Waals surface area contributed by atoms with Crippen LogP contribution in [0.1, 0.15) is 117 Å². The van der Waals surface area contributed by atoms with Crippen molar-refractivity contribution >= 4 is 19.8 Å². The second-order valence-electron chi connectivity index (χ2n) is 11.4. The molecular formula is C41H63O8P. The summed E-state index contributed by atoms with van der Waals surface area (Å²) in [5.41, 5.74) is 0. The molecule has 0 aliphatic heterocycles. The van der Waals surface area contributed by atoms with Crippen LogP contribution in [0.4, 0.5) is 0 Å². The van der Waals surface area contributed by atoms with Crippen LogP contribution in [0.2, 0.25) is 0 Å². The number of carbonyl (C=O) groups excluding carboxylic acids is 2. The van der Waals surface area contributed by atoms with Gasteiger partial charge in [0, 0.05) is 12.8 Å². The average Bonchev–Trinajstić information content (AvgIpc) is 3.08. The van der Waals surface area contributed by atoms with Crippen LogP contribution in [0.5, 0.6) is 0 Å². The molecule has 9 heteroatoms. The molecule has 1 atom stereocenters. The van der Waals surface area contributed by atoms with Gasteiger partial charge in [-0.3, -0.25) is 14.1 Å². The van der Waals surface area contributed by atoms with Crippen LogP contribution in [0.25, 0.3) is 0 Å². The highest BCUT2D eigenvalue weighted by molar-refractivity contribution is 7.46. The lowest BCUT2D eigenvalue weighted by molar-refractivity contribution is -0.161. The first-order chi connectivity index (χ1) is 24.3. The van der Waals surface area contributed by atoms with Crippen molar-refractivity contribution < 1.29 is 37.9 Å². The summed E-state index contributed by atoms with van der Waals surface area (Å²) in [5, 5.41) is 0. The number of ether oxygens (including phenoxy) is 2. The minimum absolute atomic E-state index is 0.0730. The van der Waals surface area contributed by atoms with E-state index in [-0.39, 0.29) is 19.4 Å². The Morgan fingerprint density at radius 1 is 0.520 bits per heavy atom. The Morgan fingerprint density at radius 2 is 0.940 bits per heavy atom. The van der Waals surface area contributed by atoms with Gasteiger partial charge in [-0.1, -0.05) is 130 Å². The highest BCUT2D eigenvalue weighted by Crippen LogP contribution is 2.35. The normalized spacial score (nSPS) is 13.8. The van der Waals surface area contributed by atoms with E-state index in [1.807, 2.05) is 12.2 Å². The zero-order chi connectivity index (χ0) is 36.8. The number of hydrogen-bond donors (Lipinski definition) is 2. The van der Waals surface area contributed by atoms with Gasteiger partial charge < -0.3 is 19.3 Å². The summed E-state index contributed by atoms with van der Waals surface area (Å²) in [6.07, 6.45) is 49.7. The molecule has 0 amide bonds. The fourth-order valence-electron chi connectivity index (χ4n) is 4.17. The third kappa shape index (κ3) is 37.5. The van der Waals surface area contributed by atoms with Crippen molar-refractivity contribution in [3.05, 3.63) is 109 Å². The highest BCUT2D eigenvalue weighted by Gasteiger charge is 2.22. The molecule has 50 heavy (non-hydrogen) atoms. The van der Waals surface area contributed by atoms with Crippen molar-refractivity contribution in [2.75, 3.05) is 13.2 Å². The van der Waals surface area contributed by atoms with E-state index in [0.29, 0.717) is 12.8 Å². The summed E-state index contributed by atoms with van der Waals surface area (Å²) in [7, 11) is -4.78. The SMILES string of the molecule is CC/C=C\C/C=C\C/C=C\C/C=C\C/C=C\C/C=C\CCC(=O)OC(COC(=O)CCCCC/C=C\C/C=C\C/C=C\CC)COP(=O)(O)O. The van der Waals surface area contributed by atoms with Crippen molar-refractivity contribution in [2.24, 2.45) is 0 Å². The van der Waals surface area contributed by atoms with Gasteiger partial charge in [-0.25, -0.2) is 4.57 Å². The Kier molecular flexibility index (Phi) is 33.2. The fraction of sp³-hybridized carbons (Fsp3) is 0.512. The van der Waals surface area contributed by atoms with Gasteiger partial charge in [0.1, 0.15) is 6.61 Å². The van der Waals surface area contributed by atoms with E-state index in [2.05, 4.69) is 116 Å². The molecule has 0 aromatic carbocycles. The zero-order valence-electron chi connectivity index (χ0n) is 30.5. The molecule has 0 bridgehead atoms. The molecule has 0 heterocycles. The number of rotatable bonds is 31. The van der Waals surface area contributed by atoms with Gasteiger partial charge in [0.2, 0.25) is 0 Å². The van der Waals surface area contributed by atoms with E-state index in [1.165, 1.54) is 0 Å². The predicted molar refractivity (Wildman–Crippen MR) is 206 cm³/mol. The van der Waals surface area contributed by atoms with Crippen LogP contribution in [-0.4, -0.2) is 41.0 Å². The molecule has 2 N–H and O–H groups in total. The minimum atomic E-state index is -4.78. The van der Waals surface area contributed by atoms with Gasteiger partial charge in [0.05, 0.1) is 6.61 Å². The summed E-state index contributed by atoms with van der Waals surface area (Å²) in [5.74, 6) is -1.03. The Hall–Kier alpha value is -3.29. The first-order valence-electron chi connectivity index (χ1n) is 18.2. The van der Waals surface area contributed by atoms with Gasteiger partial charge in [0.15, 0.2) is 6.10 Å². The van der Waals surface area contributed by atoms with Crippen LogP contribution >= 0.6 is 7.82 Å². The number of hydrogen-bond acceptors (Lipinski definition) is 6. The molecule has 0 spiro atoms.